The lowest BCUT2D eigenvalue weighted by Gasteiger charge is -2.24. The summed E-state index contributed by atoms with van der Waals surface area (Å²) in [7, 11) is 0. The van der Waals surface area contributed by atoms with E-state index in [1.54, 1.807) is 20.8 Å². The number of halogens is 1. The van der Waals surface area contributed by atoms with E-state index in [0.717, 1.165) is 12.1 Å². The van der Waals surface area contributed by atoms with Crippen molar-refractivity contribution in [3.05, 3.63) is 46.1 Å². The molecule has 1 aromatic rings. The first-order valence-corrected chi connectivity index (χ1v) is 5.95. The third kappa shape index (κ3) is 4.53. The molecule has 2 atom stereocenters. The topological polar surface area (TPSA) is 95.3 Å². The minimum Gasteiger partial charge on any atom is -0.460 e. The maximum atomic E-state index is 12.8. The van der Waals surface area contributed by atoms with Gasteiger partial charge in [-0.05, 0) is 44.0 Å². The number of azide groups is 1. The van der Waals surface area contributed by atoms with Crippen molar-refractivity contribution < 1.29 is 19.0 Å². The van der Waals surface area contributed by atoms with Crippen LogP contribution in [-0.4, -0.2) is 22.7 Å². The fraction of sp³-hybridized carbons (Fsp3) is 0.462. The van der Waals surface area contributed by atoms with Crippen molar-refractivity contribution in [2.75, 3.05) is 0 Å². The molecule has 0 aliphatic carbocycles. The summed E-state index contributed by atoms with van der Waals surface area (Å²) < 4.78 is 17.9. The molecule has 7 heteroatoms. The Hall–Kier alpha value is -2.11. The summed E-state index contributed by atoms with van der Waals surface area (Å²) >= 11 is 0. The van der Waals surface area contributed by atoms with Gasteiger partial charge in [0.05, 0.1) is 6.10 Å². The summed E-state index contributed by atoms with van der Waals surface area (Å²) in [5.74, 6) is -1.31. The highest BCUT2D eigenvalue weighted by molar-refractivity contribution is 5.77. The van der Waals surface area contributed by atoms with Crippen LogP contribution < -0.4 is 0 Å². The van der Waals surface area contributed by atoms with Gasteiger partial charge in [0.2, 0.25) is 0 Å². The molecule has 0 heterocycles. The predicted molar refractivity (Wildman–Crippen MR) is 70.1 cm³/mol. The zero-order chi connectivity index (χ0) is 15.3. The van der Waals surface area contributed by atoms with Crippen LogP contribution in [0.2, 0.25) is 0 Å². The molecule has 0 bridgehead atoms. The minimum absolute atomic E-state index is 0.259. The summed E-state index contributed by atoms with van der Waals surface area (Å²) in [6, 6.07) is 3.47. The van der Waals surface area contributed by atoms with E-state index >= 15 is 0 Å². The van der Waals surface area contributed by atoms with Crippen molar-refractivity contribution in [3.63, 3.8) is 0 Å². The van der Waals surface area contributed by atoms with Gasteiger partial charge >= 0.3 is 5.97 Å². The first-order chi connectivity index (χ1) is 9.24. The highest BCUT2D eigenvalue weighted by Crippen LogP contribution is 2.22. The molecule has 0 fully saturated rings. The molecular formula is C13H16FN3O3. The summed E-state index contributed by atoms with van der Waals surface area (Å²) in [6.07, 6.45) is -1.40. The molecule has 1 aromatic carbocycles. The molecule has 0 saturated carbocycles. The van der Waals surface area contributed by atoms with Crippen LogP contribution in [0.4, 0.5) is 4.39 Å². The molecule has 0 aliphatic heterocycles. The van der Waals surface area contributed by atoms with Gasteiger partial charge in [-0.2, -0.15) is 0 Å². The molecule has 1 rings (SSSR count). The molecule has 0 aromatic heterocycles. The van der Waals surface area contributed by atoms with Crippen LogP contribution in [0.15, 0.2) is 29.4 Å². The molecule has 1 N–H and O–H groups in total. The van der Waals surface area contributed by atoms with E-state index in [1.165, 1.54) is 12.1 Å². The molecule has 0 saturated heterocycles. The van der Waals surface area contributed by atoms with E-state index in [2.05, 4.69) is 10.0 Å². The number of hydrogen-bond acceptors (Lipinski definition) is 4. The number of aliphatic hydroxyl groups is 1. The fourth-order valence-electron chi connectivity index (χ4n) is 1.50. The highest BCUT2D eigenvalue weighted by atomic mass is 19.1. The molecule has 0 spiro atoms. The van der Waals surface area contributed by atoms with Gasteiger partial charge in [0.15, 0.2) is 6.04 Å². The van der Waals surface area contributed by atoms with Crippen LogP contribution in [0, 0.1) is 5.82 Å². The average Bonchev–Trinajstić information content (AvgIpc) is 2.34. The standard InChI is InChI=1S/C13H16FN3O3/c1-13(2,3)20-12(19)10(16-17-15)11(18)8-4-6-9(14)7-5-8/h4-7,10-11,18H,1-3H3/t10-,11-/m1/s1. The molecule has 0 aliphatic rings. The SMILES string of the molecule is CC(C)(C)OC(=O)[C@H](N=[N+]=[N-])[C@H](O)c1ccc(F)cc1. The number of ether oxygens (including phenoxy) is 1. The van der Waals surface area contributed by atoms with Gasteiger partial charge in [0.25, 0.3) is 0 Å². The second kappa shape index (κ2) is 6.36. The second-order valence-electron chi connectivity index (χ2n) is 5.18. The van der Waals surface area contributed by atoms with E-state index < -0.39 is 29.5 Å². The lowest BCUT2D eigenvalue weighted by molar-refractivity contribution is -0.159. The van der Waals surface area contributed by atoms with Gasteiger partial charge in [-0.3, -0.25) is 4.79 Å². The van der Waals surface area contributed by atoms with Gasteiger partial charge < -0.3 is 9.84 Å². The number of carbonyl (C=O) groups excluding carboxylic acids is 1. The van der Waals surface area contributed by atoms with Crippen LogP contribution in [0.25, 0.3) is 10.4 Å². The molecule has 0 radical (unpaired) electrons. The average molecular weight is 281 g/mol. The number of carbonyl (C=O) groups is 1. The van der Waals surface area contributed by atoms with E-state index in [4.69, 9.17) is 10.3 Å². The fourth-order valence-corrected chi connectivity index (χ4v) is 1.50. The normalized spacial score (nSPS) is 14.1. The smallest absolute Gasteiger partial charge is 0.318 e. The number of rotatable bonds is 4. The van der Waals surface area contributed by atoms with Crippen molar-refractivity contribution in [2.45, 2.75) is 38.5 Å². The number of nitrogens with zero attached hydrogens (tertiary/aromatic N) is 3. The molecule has 0 unspecified atom stereocenters. The maximum Gasteiger partial charge on any atom is 0.318 e. The number of esters is 1. The number of aliphatic hydroxyl groups excluding tert-OH is 1. The Labute approximate surface area is 115 Å². The summed E-state index contributed by atoms with van der Waals surface area (Å²) in [5.41, 5.74) is 7.99. The van der Waals surface area contributed by atoms with E-state index in [9.17, 15) is 14.3 Å². The van der Waals surface area contributed by atoms with Crippen LogP contribution in [0.5, 0.6) is 0 Å². The third-order valence-electron chi connectivity index (χ3n) is 2.33. The van der Waals surface area contributed by atoms with Gasteiger partial charge in [0, 0.05) is 4.91 Å². The molecule has 0 amide bonds. The Morgan fingerprint density at radius 2 is 1.95 bits per heavy atom. The van der Waals surface area contributed by atoms with Gasteiger partial charge in [-0.1, -0.05) is 17.2 Å². The van der Waals surface area contributed by atoms with Crippen LogP contribution in [-0.2, 0) is 9.53 Å². The predicted octanol–water partition coefficient (Wildman–Crippen LogP) is 2.88. The first kappa shape index (κ1) is 15.9. The Morgan fingerprint density at radius 1 is 1.40 bits per heavy atom. The summed E-state index contributed by atoms with van der Waals surface area (Å²) in [5, 5.41) is 13.4. The first-order valence-electron chi connectivity index (χ1n) is 5.95. The molecular weight excluding hydrogens is 265 g/mol. The minimum atomic E-state index is -1.43. The zero-order valence-electron chi connectivity index (χ0n) is 11.4. The Bertz CT molecular complexity index is 519. The lowest BCUT2D eigenvalue weighted by Crippen LogP contribution is -2.34. The van der Waals surface area contributed by atoms with Crippen LogP contribution in [0.3, 0.4) is 0 Å². The van der Waals surface area contributed by atoms with Crippen LogP contribution >= 0.6 is 0 Å². The lowest BCUT2D eigenvalue weighted by atomic mass is 10.0. The van der Waals surface area contributed by atoms with Crippen molar-refractivity contribution >= 4 is 5.97 Å². The van der Waals surface area contributed by atoms with Gasteiger partial charge in [-0.15, -0.1) is 0 Å². The molecule has 20 heavy (non-hydrogen) atoms. The summed E-state index contributed by atoms with van der Waals surface area (Å²) in [6.45, 7) is 4.97. The second-order valence-corrected chi connectivity index (χ2v) is 5.18. The van der Waals surface area contributed by atoms with Gasteiger partial charge in [-0.25, -0.2) is 4.39 Å². The Kier molecular flexibility index (Phi) is 5.07. The maximum absolute atomic E-state index is 12.8. The van der Waals surface area contributed by atoms with Crippen LogP contribution in [0.1, 0.15) is 32.4 Å². The monoisotopic (exact) mass is 281 g/mol. The Balaban J connectivity index is 2.98. The third-order valence-corrected chi connectivity index (χ3v) is 2.33. The number of hydrogen-bond donors (Lipinski definition) is 1. The van der Waals surface area contributed by atoms with Crippen molar-refractivity contribution in [1.82, 2.24) is 0 Å². The molecule has 6 nitrogen and oxygen atoms in total. The van der Waals surface area contributed by atoms with Crippen molar-refractivity contribution in [1.29, 1.82) is 0 Å². The Morgan fingerprint density at radius 3 is 2.40 bits per heavy atom. The highest BCUT2D eigenvalue weighted by Gasteiger charge is 2.31. The zero-order valence-corrected chi connectivity index (χ0v) is 11.4. The molecule has 108 valence electrons. The quantitative estimate of drug-likeness (QED) is 0.398. The van der Waals surface area contributed by atoms with Gasteiger partial charge in [0.1, 0.15) is 11.4 Å². The van der Waals surface area contributed by atoms with E-state index in [1.807, 2.05) is 0 Å². The number of benzene rings is 1. The van der Waals surface area contributed by atoms with E-state index in [-0.39, 0.29) is 5.56 Å². The van der Waals surface area contributed by atoms with E-state index in [0.29, 0.717) is 0 Å². The van der Waals surface area contributed by atoms with Crippen molar-refractivity contribution in [2.24, 2.45) is 5.11 Å². The summed E-state index contributed by atoms with van der Waals surface area (Å²) in [4.78, 5) is 14.5. The largest absolute Gasteiger partial charge is 0.460 e. The van der Waals surface area contributed by atoms with Crippen molar-refractivity contribution in [3.8, 4) is 0 Å².